The van der Waals surface area contributed by atoms with E-state index >= 15 is 0 Å². The molecule has 2 aromatic rings. The van der Waals surface area contributed by atoms with E-state index < -0.39 is 0 Å². The Bertz CT molecular complexity index is 554. The van der Waals surface area contributed by atoms with Crippen LogP contribution in [-0.4, -0.2) is 4.98 Å². The van der Waals surface area contributed by atoms with Crippen LogP contribution in [0.3, 0.4) is 0 Å². The second kappa shape index (κ2) is 3.39. The zero-order valence-corrected chi connectivity index (χ0v) is 9.20. The Morgan fingerprint density at radius 1 is 1.25 bits per heavy atom. The highest BCUT2D eigenvalue weighted by Crippen LogP contribution is 2.43. The van der Waals surface area contributed by atoms with Gasteiger partial charge in [0.05, 0.1) is 0 Å². The molecule has 0 saturated carbocycles. The first-order chi connectivity index (χ1) is 7.77. The van der Waals surface area contributed by atoms with Gasteiger partial charge in [0.1, 0.15) is 11.3 Å². The summed E-state index contributed by atoms with van der Waals surface area (Å²) in [5.74, 6) is 0.749. The summed E-state index contributed by atoms with van der Waals surface area (Å²) in [6.45, 7) is 0. The maximum atomic E-state index is 6.24. The van der Waals surface area contributed by atoms with Crippen LogP contribution in [0.2, 0.25) is 0 Å². The third-order valence-electron chi connectivity index (χ3n) is 2.75. The van der Waals surface area contributed by atoms with Crippen molar-refractivity contribution in [1.82, 2.24) is 4.98 Å². The number of nitrogen functional groups attached to an aromatic ring is 1. The molecule has 3 N–H and O–H groups in total. The van der Waals surface area contributed by atoms with Gasteiger partial charge >= 0.3 is 0 Å². The number of rotatable bonds is 0. The average Bonchev–Trinajstić information content (AvgIpc) is 2.29. The van der Waals surface area contributed by atoms with Crippen LogP contribution in [0, 0.1) is 0 Å². The zero-order chi connectivity index (χ0) is 11.1. The first-order valence-electron chi connectivity index (χ1n) is 5.02. The third kappa shape index (κ3) is 1.25. The van der Waals surface area contributed by atoms with E-state index in [2.05, 4.69) is 10.3 Å². The van der Waals surface area contributed by atoms with Crippen LogP contribution in [-0.2, 0) is 0 Å². The van der Waals surface area contributed by atoms with Gasteiger partial charge in [0.15, 0.2) is 0 Å². The molecule has 0 aliphatic carbocycles. The zero-order valence-electron chi connectivity index (χ0n) is 8.44. The summed E-state index contributed by atoms with van der Waals surface area (Å²) < 4.78 is 0. The van der Waals surface area contributed by atoms with Gasteiger partial charge in [0.2, 0.25) is 0 Å². The van der Waals surface area contributed by atoms with Gasteiger partial charge in [-0.25, -0.2) is 4.98 Å². The Balaban J connectivity index is 2.34. The van der Waals surface area contributed by atoms with Crippen LogP contribution in [0.25, 0.3) is 11.1 Å². The molecule has 0 amide bonds. The maximum Gasteiger partial charge on any atom is 0.137 e. The van der Waals surface area contributed by atoms with Crippen LogP contribution >= 0.6 is 11.6 Å². The molecule has 1 unspecified atom stereocenters. The number of nitrogens with zero attached hydrogens (tertiary/aromatic N) is 1. The average molecular weight is 232 g/mol. The lowest BCUT2D eigenvalue weighted by molar-refractivity contribution is 1.05. The van der Waals surface area contributed by atoms with E-state index in [0.29, 0.717) is 5.69 Å². The second-order valence-electron chi connectivity index (χ2n) is 3.72. The standard InChI is InChI=1S/C12H10ClN3/c13-11-8-4-2-1-3-7(8)10-9(14)5-6-15-12(10)16-11/h1-6,11H,(H3,14,15,16). The van der Waals surface area contributed by atoms with Crippen LogP contribution in [0.4, 0.5) is 11.5 Å². The van der Waals surface area contributed by atoms with Crippen molar-refractivity contribution in [2.45, 2.75) is 5.50 Å². The predicted octanol–water partition coefficient (Wildman–Crippen LogP) is 2.99. The lowest BCUT2D eigenvalue weighted by Crippen LogP contribution is -2.14. The summed E-state index contributed by atoms with van der Waals surface area (Å²) in [7, 11) is 0. The fourth-order valence-electron chi connectivity index (χ4n) is 2.01. The van der Waals surface area contributed by atoms with Crippen molar-refractivity contribution in [3.05, 3.63) is 42.1 Å². The van der Waals surface area contributed by atoms with E-state index in [1.54, 1.807) is 12.3 Å². The van der Waals surface area contributed by atoms with Gasteiger partial charge in [0, 0.05) is 17.4 Å². The molecule has 0 bridgehead atoms. The van der Waals surface area contributed by atoms with E-state index in [1.165, 1.54) is 0 Å². The number of nitrogens with one attached hydrogen (secondary N) is 1. The Morgan fingerprint density at radius 2 is 2.06 bits per heavy atom. The molecule has 1 atom stereocenters. The van der Waals surface area contributed by atoms with Gasteiger partial charge in [-0.15, -0.1) is 0 Å². The summed E-state index contributed by atoms with van der Waals surface area (Å²) in [5, 5.41) is 3.13. The molecule has 0 fully saturated rings. The number of benzene rings is 1. The minimum atomic E-state index is -0.252. The van der Waals surface area contributed by atoms with Crippen molar-refractivity contribution in [1.29, 1.82) is 0 Å². The van der Waals surface area contributed by atoms with E-state index in [0.717, 1.165) is 22.5 Å². The van der Waals surface area contributed by atoms with E-state index in [9.17, 15) is 0 Å². The minimum Gasteiger partial charge on any atom is -0.398 e. The number of nitrogens with two attached hydrogens (primary N) is 1. The van der Waals surface area contributed by atoms with Crippen molar-refractivity contribution < 1.29 is 0 Å². The summed E-state index contributed by atoms with van der Waals surface area (Å²) in [6.07, 6.45) is 1.68. The summed E-state index contributed by atoms with van der Waals surface area (Å²) >= 11 is 6.24. The van der Waals surface area contributed by atoms with Crippen LogP contribution in [0.5, 0.6) is 0 Å². The molecule has 0 spiro atoms. The Kier molecular flexibility index (Phi) is 2.01. The highest BCUT2D eigenvalue weighted by molar-refractivity contribution is 6.23. The number of hydrogen-bond donors (Lipinski definition) is 2. The monoisotopic (exact) mass is 231 g/mol. The lowest BCUT2D eigenvalue weighted by atomic mass is 9.96. The van der Waals surface area contributed by atoms with Crippen LogP contribution in [0.15, 0.2) is 36.5 Å². The molecule has 1 aliphatic heterocycles. The molecule has 3 nitrogen and oxygen atoms in total. The van der Waals surface area contributed by atoms with Crippen LogP contribution in [0.1, 0.15) is 11.1 Å². The fraction of sp³-hybridized carbons (Fsp3) is 0.0833. The largest absolute Gasteiger partial charge is 0.398 e. The number of halogens is 1. The minimum absolute atomic E-state index is 0.252. The molecule has 0 saturated heterocycles. The van der Waals surface area contributed by atoms with Gasteiger partial charge in [-0.2, -0.15) is 0 Å². The molecule has 16 heavy (non-hydrogen) atoms. The summed E-state index contributed by atoms with van der Waals surface area (Å²) in [4.78, 5) is 4.25. The molecular formula is C12H10ClN3. The molecule has 0 radical (unpaired) electrons. The normalized spacial score (nSPS) is 17.2. The first kappa shape index (κ1) is 9.48. The molecule has 80 valence electrons. The number of aromatic nitrogens is 1. The molecule has 1 aliphatic rings. The van der Waals surface area contributed by atoms with Gasteiger partial charge in [-0.1, -0.05) is 35.9 Å². The lowest BCUT2D eigenvalue weighted by Gasteiger charge is -2.25. The molecule has 3 rings (SSSR count). The predicted molar refractivity (Wildman–Crippen MR) is 66.3 cm³/mol. The van der Waals surface area contributed by atoms with Gasteiger partial charge in [0.25, 0.3) is 0 Å². The van der Waals surface area contributed by atoms with Crippen molar-refractivity contribution in [2.75, 3.05) is 11.1 Å². The SMILES string of the molecule is Nc1ccnc2c1-c1ccccc1C(Cl)N2. The van der Waals surface area contributed by atoms with Crippen molar-refractivity contribution >= 4 is 23.1 Å². The van der Waals surface area contributed by atoms with E-state index in [4.69, 9.17) is 17.3 Å². The summed E-state index contributed by atoms with van der Waals surface area (Å²) in [6, 6.07) is 9.75. The van der Waals surface area contributed by atoms with Crippen molar-refractivity contribution in [2.24, 2.45) is 0 Å². The Morgan fingerprint density at radius 3 is 2.94 bits per heavy atom. The van der Waals surface area contributed by atoms with Crippen LogP contribution < -0.4 is 11.1 Å². The highest BCUT2D eigenvalue weighted by Gasteiger charge is 2.24. The Hall–Kier alpha value is -1.74. The van der Waals surface area contributed by atoms with Gasteiger partial charge in [-0.3, -0.25) is 0 Å². The highest BCUT2D eigenvalue weighted by atomic mass is 35.5. The fourth-order valence-corrected chi connectivity index (χ4v) is 2.31. The molecule has 1 aromatic carbocycles. The molecule has 4 heteroatoms. The topological polar surface area (TPSA) is 50.9 Å². The molecule has 2 heterocycles. The number of hydrogen-bond acceptors (Lipinski definition) is 3. The number of fused-ring (bicyclic) bond motifs is 3. The van der Waals surface area contributed by atoms with E-state index in [1.807, 2.05) is 24.3 Å². The van der Waals surface area contributed by atoms with Crippen molar-refractivity contribution in [3.8, 4) is 11.1 Å². The maximum absolute atomic E-state index is 6.24. The number of anilines is 2. The van der Waals surface area contributed by atoms with E-state index in [-0.39, 0.29) is 5.50 Å². The van der Waals surface area contributed by atoms with Gasteiger partial charge in [-0.05, 0) is 17.2 Å². The smallest absolute Gasteiger partial charge is 0.137 e. The number of pyridine rings is 1. The van der Waals surface area contributed by atoms with Gasteiger partial charge < -0.3 is 11.1 Å². The first-order valence-corrected chi connectivity index (χ1v) is 5.45. The number of alkyl halides is 1. The molecule has 1 aromatic heterocycles. The van der Waals surface area contributed by atoms with Crippen molar-refractivity contribution in [3.63, 3.8) is 0 Å². The molecular weight excluding hydrogens is 222 g/mol. The third-order valence-corrected chi connectivity index (χ3v) is 3.09. The second-order valence-corrected chi connectivity index (χ2v) is 4.15. The summed E-state index contributed by atoms with van der Waals surface area (Å²) in [5.41, 5.74) is 9.48. The Labute approximate surface area is 98.3 Å². The quantitative estimate of drug-likeness (QED) is 0.541.